The van der Waals surface area contributed by atoms with E-state index in [-0.39, 0.29) is 18.5 Å². The highest BCUT2D eigenvalue weighted by Gasteiger charge is 2.31. The Morgan fingerprint density at radius 2 is 1.78 bits per heavy atom. The van der Waals surface area contributed by atoms with Crippen LogP contribution in [0.3, 0.4) is 0 Å². The number of carbonyl (C=O) groups is 2. The third-order valence-electron chi connectivity index (χ3n) is 5.99. The number of alkyl halides is 3. The summed E-state index contributed by atoms with van der Waals surface area (Å²) in [4.78, 5) is 29.7. The number of aromatic nitrogens is 3. The van der Waals surface area contributed by atoms with E-state index in [1.54, 1.807) is 63.0 Å². The standard InChI is InChI=1S/C29H30F3N5O3S/c1-17(35-25(38)24-16-33-26(41-24)23-12-13-37(5)36-23)18-6-8-19(9-7-18)22-14-21(29(30,31)32)11-10-20(22)15-34-27(39)40-28(2,3)4/h6-14,16-17H,15H2,1-5H3,(H,34,39)(H,35,38)/t17-/m1/s1. The number of alkyl carbamates (subject to hydrolysis) is 1. The van der Waals surface area contributed by atoms with Crippen molar-refractivity contribution in [3.63, 3.8) is 0 Å². The van der Waals surface area contributed by atoms with Crippen LogP contribution in [0.15, 0.2) is 60.9 Å². The Morgan fingerprint density at radius 1 is 1.07 bits per heavy atom. The van der Waals surface area contributed by atoms with Gasteiger partial charge in [0.05, 0.1) is 17.8 Å². The van der Waals surface area contributed by atoms with Gasteiger partial charge in [0.15, 0.2) is 0 Å². The fraction of sp³-hybridized carbons (Fsp3) is 0.310. The number of nitrogens with zero attached hydrogens (tertiary/aromatic N) is 3. The van der Waals surface area contributed by atoms with Crippen molar-refractivity contribution in [2.45, 2.75) is 52.1 Å². The maximum absolute atomic E-state index is 13.5. The fourth-order valence-electron chi connectivity index (χ4n) is 3.99. The van der Waals surface area contributed by atoms with Crippen molar-refractivity contribution in [3.05, 3.63) is 82.5 Å². The molecule has 0 unspecified atom stereocenters. The Bertz CT molecular complexity index is 1540. The van der Waals surface area contributed by atoms with Gasteiger partial charge in [-0.2, -0.15) is 18.3 Å². The molecule has 1 atom stereocenters. The number of aryl methyl sites for hydroxylation is 1. The lowest BCUT2D eigenvalue weighted by Gasteiger charge is -2.20. The molecule has 0 saturated carbocycles. The summed E-state index contributed by atoms with van der Waals surface area (Å²) in [6.07, 6.45) is -1.91. The summed E-state index contributed by atoms with van der Waals surface area (Å²) >= 11 is 1.23. The van der Waals surface area contributed by atoms with Gasteiger partial charge in [0.1, 0.15) is 21.2 Å². The molecule has 8 nitrogen and oxygen atoms in total. The molecule has 216 valence electrons. The first kappa shape index (κ1) is 29.8. The van der Waals surface area contributed by atoms with Crippen LogP contribution < -0.4 is 10.6 Å². The van der Waals surface area contributed by atoms with Crippen LogP contribution in [0.5, 0.6) is 0 Å². The zero-order valence-corrected chi connectivity index (χ0v) is 24.0. The fourth-order valence-corrected chi connectivity index (χ4v) is 4.77. The molecule has 2 aromatic carbocycles. The lowest BCUT2D eigenvalue weighted by atomic mass is 9.95. The molecule has 0 saturated heterocycles. The summed E-state index contributed by atoms with van der Waals surface area (Å²) in [6.45, 7) is 6.95. The van der Waals surface area contributed by atoms with Gasteiger partial charge in [0.2, 0.25) is 0 Å². The number of thiazole rings is 1. The average Bonchev–Trinajstić information content (AvgIpc) is 3.55. The molecule has 2 N–H and O–H groups in total. The number of benzene rings is 2. The van der Waals surface area contributed by atoms with Crippen molar-refractivity contribution in [2.75, 3.05) is 0 Å². The molecule has 12 heteroatoms. The Kier molecular flexibility index (Phi) is 8.52. The quantitative estimate of drug-likeness (QED) is 0.250. The first-order valence-electron chi connectivity index (χ1n) is 12.7. The normalized spacial score (nSPS) is 12.6. The van der Waals surface area contributed by atoms with Crippen LogP contribution in [0.25, 0.3) is 21.8 Å². The number of hydrogen-bond donors (Lipinski definition) is 2. The van der Waals surface area contributed by atoms with Crippen molar-refractivity contribution in [2.24, 2.45) is 7.05 Å². The van der Waals surface area contributed by atoms with E-state index in [2.05, 4.69) is 20.7 Å². The second-order valence-electron chi connectivity index (χ2n) is 10.4. The van der Waals surface area contributed by atoms with E-state index in [4.69, 9.17) is 4.74 Å². The second-order valence-corrected chi connectivity index (χ2v) is 11.5. The predicted molar refractivity (Wildman–Crippen MR) is 150 cm³/mol. The van der Waals surface area contributed by atoms with Gasteiger partial charge in [0, 0.05) is 19.8 Å². The topological polar surface area (TPSA) is 98.1 Å². The molecule has 4 rings (SSSR count). The van der Waals surface area contributed by atoms with Gasteiger partial charge >= 0.3 is 12.3 Å². The van der Waals surface area contributed by atoms with Crippen molar-refractivity contribution in [1.29, 1.82) is 0 Å². The average molecular weight is 586 g/mol. The largest absolute Gasteiger partial charge is 0.444 e. The first-order valence-corrected chi connectivity index (χ1v) is 13.6. The molecule has 0 aliphatic rings. The number of halogens is 3. The van der Waals surface area contributed by atoms with Crippen LogP contribution in [0.1, 0.15) is 60.1 Å². The summed E-state index contributed by atoms with van der Waals surface area (Å²) in [7, 11) is 1.80. The van der Waals surface area contributed by atoms with Gasteiger partial charge in [-0.05, 0) is 68.1 Å². The van der Waals surface area contributed by atoms with Crippen LogP contribution in [-0.4, -0.2) is 32.4 Å². The molecule has 2 amide bonds. The summed E-state index contributed by atoms with van der Waals surface area (Å²) in [5.41, 5.74) is 1.27. The second kappa shape index (κ2) is 11.7. The first-order chi connectivity index (χ1) is 19.2. The van der Waals surface area contributed by atoms with Crippen molar-refractivity contribution < 1.29 is 27.5 Å². The molecular formula is C29H30F3N5O3S. The highest BCUT2D eigenvalue weighted by Crippen LogP contribution is 2.34. The third kappa shape index (κ3) is 7.72. The van der Waals surface area contributed by atoms with Crippen LogP contribution in [0, 0.1) is 0 Å². The monoisotopic (exact) mass is 585 g/mol. The van der Waals surface area contributed by atoms with Crippen molar-refractivity contribution in [1.82, 2.24) is 25.4 Å². The SMILES string of the molecule is C[C@@H](NC(=O)c1cnc(-c2ccn(C)n2)s1)c1ccc(-c2cc(C(F)(F)F)ccc2CNC(=O)OC(C)(C)C)cc1. The molecule has 0 aliphatic carbocycles. The van der Waals surface area contributed by atoms with E-state index in [1.807, 2.05) is 13.0 Å². The lowest BCUT2D eigenvalue weighted by Crippen LogP contribution is -2.32. The van der Waals surface area contributed by atoms with E-state index in [1.165, 1.54) is 23.6 Å². The number of ether oxygens (including phenoxy) is 1. The van der Waals surface area contributed by atoms with E-state index in [9.17, 15) is 22.8 Å². The number of hydrogen-bond acceptors (Lipinski definition) is 6. The zero-order valence-electron chi connectivity index (χ0n) is 23.2. The van der Waals surface area contributed by atoms with E-state index in [0.717, 1.165) is 17.7 Å². The Labute approximate surface area is 239 Å². The molecule has 0 spiro atoms. The number of amides is 2. The molecule has 0 fully saturated rings. The maximum Gasteiger partial charge on any atom is 0.416 e. The summed E-state index contributed by atoms with van der Waals surface area (Å²) in [6, 6.07) is 11.7. The Morgan fingerprint density at radius 3 is 2.39 bits per heavy atom. The molecule has 0 radical (unpaired) electrons. The highest BCUT2D eigenvalue weighted by molar-refractivity contribution is 7.16. The maximum atomic E-state index is 13.5. The minimum Gasteiger partial charge on any atom is -0.444 e. The molecule has 0 bridgehead atoms. The number of carbonyl (C=O) groups excluding carboxylic acids is 2. The van der Waals surface area contributed by atoms with Crippen molar-refractivity contribution >= 4 is 23.3 Å². The van der Waals surface area contributed by atoms with E-state index < -0.39 is 23.4 Å². The Hall–Kier alpha value is -4.19. The zero-order chi connectivity index (χ0) is 29.9. The minimum absolute atomic E-state index is 0.0219. The van der Waals surface area contributed by atoms with Crippen LogP contribution in [0.4, 0.5) is 18.0 Å². The van der Waals surface area contributed by atoms with Crippen LogP contribution in [-0.2, 0) is 24.5 Å². The van der Waals surface area contributed by atoms with Crippen LogP contribution in [0.2, 0.25) is 0 Å². The molecule has 4 aromatic rings. The van der Waals surface area contributed by atoms with E-state index >= 15 is 0 Å². The molecular weight excluding hydrogens is 555 g/mol. The third-order valence-corrected chi connectivity index (χ3v) is 7.01. The molecule has 2 heterocycles. The van der Waals surface area contributed by atoms with Gasteiger partial charge in [-0.3, -0.25) is 9.48 Å². The smallest absolute Gasteiger partial charge is 0.416 e. The lowest BCUT2D eigenvalue weighted by molar-refractivity contribution is -0.137. The van der Waals surface area contributed by atoms with Crippen molar-refractivity contribution in [3.8, 4) is 21.8 Å². The molecule has 2 aromatic heterocycles. The molecule has 0 aliphatic heterocycles. The summed E-state index contributed by atoms with van der Waals surface area (Å²) < 4.78 is 47.4. The predicted octanol–water partition coefficient (Wildman–Crippen LogP) is 6.75. The number of rotatable bonds is 7. The minimum atomic E-state index is -4.53. The summed E-state index contributed by atoms with van der Waals surface area (Å²) in [5, 5.41) is 10.5. The highest BCUT2D eigenvalue weighted by atomic mass is 32.1. The van der Waals surface area contributed by atoms with Gasteiger partial charge in [-0.15, -0.1) is 11.3 Å². The van der Waals surface area contributed by atoms with Gasteiger partial charge in [-0.25, -0.2) is 9.78 Å². The van der Waals surface area contributed by atoms with Crippen LogP contribution >= 0.6 is 11.3 Å². The Balaban J connectivity index is 1.50. The van der Waals surface area contributed by atoms with Gasteiger partial charge < -0.3 is 15.4 Å². The number of nitrogens with one attached hydrogen (secondary N) is 2. The van der Waals surface area contributed by atoms with E-state index in [0.29, 0.717) is 32.3 Å². The van der Waals surface area contributed by atoms with Gasteiger partial charge in [0.25, 0.3) is 5.91 Å². The van der Waals surface area contributed by atoms with Gasteiger partial charge in [-0.1, -0.05) is 30.3 Å². The molecule has 41 heavy (non-hydrogen) atoms. The summed E-state index contributed by atoms with van der Waals surface area (Å²) in [5.74, 6) is -0.297.